The Labute approximate surface area is 136 Å². The van der Waals surface area contributed by atoms with Gasteiger partial charge in [-0.05, 0) is 23.8 Å². The molecule has 2 aromatic carbocycles. The van der Waals surface area contributed by atoms with Gasteiger partial charge in [-0.2, -0.15) is 10.2 Å². The number of hydrogen-bond donors (Lipinski definition) is 1. The van der Waals surface area contributed by atoms with Gasteiger partial charge in [-0.25, -0.2) is 14.5 Å². The van der Waals surface area contributed by atoms with E-state index in [1.165, 1.54) is 37.5 Å². The van der Waals surface area contributed by atoms with Crippen LogP contribution in [0.5, 0.6) is 0 Å². The lowest BCUT2D eigenvalue weighted by atomic mass is 10.1. The SMILES string of the molecule is Cn1nc(C(=O)N/N=C/c2ccc(F)cc2)c2ccccc2c1=O. The molecule has 0 fully saturated rings. The van der Waals surface area contributed by atoms with Crippen molar-refractivity contribution in [3.63, 3.8) is 0 Å². The molecule has 0 unspecified atom stereocenters. The van der Waals surface area contributed by atoms with E-state index in [1.54, 1.807) is 24.3 Å². The van der Waals surface area contributed by atoms with Crippen molar-refractivity contribution in [2.45, 2.75) is 0 Å². The lowest BCUT2D eigenvalue weighted by Gasteiger charge is -2.06. The molecule has 0 radical (unpaired) electrons. The molecule has 0 aliphatic carbocycles. The maximum absolute atomic E-state index is 12.8. The minimum Gasteiger partial charge on any atom is -0.267 e. The van der Waals surface area contributed by atoms with E-state index in [0.717, 1.165) is 4.68 Å². The quantitative estimate of drug-likeness (QED) is 0.590. The number of halogens is 1. The van der Waals surface area contributed by atoms with Crippen LogP contribution in [0.3, 0.4) is 0 Å². The lowest BCUT2D eigenvalue weighted by Crippen LogP contribution is -2.27. The maximum Gasteiger partial charge on any atom is 0.292 e. The van der Waals surface area contributed by atoms with Crippen molar-refractivity contribution in [2.24, 2.45) is 12.1 Å². The van der Waals surface area contributed by atoms with Gasteiger partial charge in [0.15, 0.2) is 5.69 Å². The van der Waals surface area contributed by atoms with Gasteiger partial charge in [0.2, 0.25) is 0 Å². The highest BCUT2D eigenvalue weighted by atomic mass is 19.1. The minimum absolute atomic E-state index is 0.101. The van der Waals surface area contributed by atoms with Crippen molar-refractivity contribution in [1.29, 1.82) is 0 Å². The Morgan fingerprint density at radius 1 is 1.17 bits per heavy atom. The summed E-state index contributed by atoms with van der Waals surface area (Å²) in [6.45, 7) is 0. The van der Waals surface area contributed by atoms with E-state index in [4.69, 9.17) is 0 Å². The van der Waals surface area contributed by atoms with Gasteiger partial charge >= 0.3 is 0 Å². The van der Waals surface area contributed by atoms with Gasteiger partial charge in [0.1, 0.15) is 5.82 Å². The molecule has 1 aromatic heterocycles. The first kappa shape index (κ1) is 15.5. The number of benzene rings is 2. The van der Waals surface area contributed by atoms with Gasteiger partial charge in [-0.3, -0.25) is 9.59 Å². The minimum atomic E-state index is -0.542. The monoisotopic (exact) mass is 324 g/mol. The average Bonchev–Trinajstić information content (AvgIpc) is 2.60. The standard InChI is InChI=1S/C17H13FN4O2/c1-22-17(24)14-5-3-2-4-13(14)15(21-22)16(23)20-19-10-11-6-8-12(18)9-7-11/h2-10H,1H3,(H,20,23)/b19-10+. The van der Waals surface area contributed by atoms with Gasteiger partial charge in [-0.15, -0.1) is 0 Å². The van der Waals surface area contributed by atoms with E-state index in [0.29, 0.717) is 16.3 Å². The molecule has 1 amide bonds. The second-order valence-electron chi connectivity index (χ2n) is 5.07. The van der Waals surface area contributed by atoms with Crippen molar-refractivity contribution >= 4 is 22.9 Å². The van der Waals surface area contributed by atoms with Crippen LogP contribution in [0.25, 0.3) is 10.8 Å². The molecule has 1 heterocycles. The van der Waals surface area contributed by atoms with Gasteiger partial charge in [0.25, 0.3) is 11.5 Å². The fraction of sp³-hybridized carbons (Fsp3) is 0.0588. The van der Waals surface area contributed by atoms with E-state index in [2.05, 4.69) is 15.6 Å². The van der Waals surface area contributed by atoms with Crippen molar-refractivity contribution in [1.82, 2.24) is 15.2 Å². The second kappa shape index (κ2) is 6.41. The topological polar surface area (TPSA) is 76.3 Å². The third-order valence-electron chi connectivity index (χ3n) is 3.42. The Hall–Kier alpha value is -3.35. The fourth-order valence-corrected chi connectivity index (χ4v) is 2.23. The lowest BCUT2D eigenvalue weighted by molar-refractivity contribution is 0.0950. The predicted molar refractivity (Wildman–Crippen MR) is 88.4 cm³/mol. The predicted octanol–water partition coefficient (Wildman–Crippen LogP) is 1.84. The summed E-state index contributed by atoms with van der Waals surface area (Å²) in [6, 6.07) is 12.4. The van der Waals surface area contributed by atoms with Crippen molar-refractivity contribution < 1.29 is 9.18 Å². The van der Waals surface area contributed by atoms with Crippen LogP contribution in [0.4, 0.5) is 4.39 Å². The molecule has 24 heavy (non-hydrogen) atoms. The third kappa shape index (κ3) is 3.05. The summed E-state index contributed by atoms with van der Waals surface area (Å²) in [7, 11) is 1.48. The third-order valence-corrected chi connectivity index (χ3v) is 3.42. The number of nitrogens with one attached hydrogen (secondary N) is 1. The van der Waals surface area contributed by atoms with Crippen molar-refractivity contribution in [3.05, 3.63) is 76.0 Å². The first-order valence-corrected chi connectivity index (χ1v) is 7.11. The summed E-state index contributed by atoms with van der Waals surface area (Å²) in [6.07, 6.45) is 1.39. The van der Waals surface area contributed by atoms with Crippen molar-refractivity contribution in [2.75, 3.05) is 0 Å². The Morgan fingerprint density at radius 3 is 2.54 bits per heavy atom. The Kier molecular flexibility index (Phi) is 4.15. The summed E-state index contributed by atoms with van der Waals surface area (Å²) in [5.74, 6) is -0.891. The normalized spacial score (nSPS) is 11.1. The van der Waals surface area contributed by atoms with Gasteiger partial charge in [-0.1, -0.05) is 30.3 Å². The highest BCUT2D eigenvalue weighted by Gasteiger charge is 2.14. The highest BCUT2D eigenvalue weighted by Crippen LogP contribution is 2.12. The van der Waals surface area contributed by atoms with Crippen LogP contribution in [0.1, 0.15) is 16.1 Å². The Morgan fingerprint density at radius 2 is 1.83 bits per heavy atom. The summed E-state index contributed by atoms with van der Waals surface area (Å²) >= 11 is 0. The van der Waals surface area contributed by atoms with Crippen LogP contribution >= 0.6 is 0 Å². The molecule has 6 nitrogen and oxygen atoms in total. The van der Waals surface area contributed by atoms with Gasteiger partial charge < -0.3 is 0 Å². The smallest absolute Gasteiger partial charge is 0.267 e. The molecule has 0 bridgehead atoms. The number of aromatic nitrogens is 2. The average molecular weight is 324 g/mol. The van der Waals surface area contributed by atoms with Crippen LogP contribution in [0.2, 0.25) is 0 Å². The van der Waals surface area contributed by atoms with Crippen LogP contribution < -0.4 is 11.0 Å². The number of rotatable bonds is 3. The van der Waals surface area contributed by atoms with E-state index in [1.807, 2.05) is 0 Å². The fourth-order valence-electron chi connectivity index (χ4n) is 2.23. The molecule has 0 saturated carbocycles. The molecule has 7 heteroatoms. The number of hydrogen-bond acceptors (Lipinski definition) is 4. The van der Waals surface area contributed by atoms with Gasteiger partial charge in [0.05, 0.1) is 11.6 Å². The maximum atomic E-state index is 12.8. The Balaban J connectivity index is 1.88. The summed E-state index contributed by atoms with van der Waals surface area (Å²) < 4.78 is 13.9. The number of carbonyl (C=O) groups is 1. The summed E-state index contributed by atoms with van der Waals surface area (Å²) in [4.78, 5) is 24.3. The summed E-state index contributed by atoms with van der Waals surface area (Å²) in [5, 5.41) is 8.70. The van der Waals surface area contributed by atoms with E-state index in [9.17, 15) is 14.0 Å². The van der Waals surface area contributed by atoms with Crippen molar-refractivity contribution in [3.8, 4) is 0 Å². The molecular weight excluding hydrogens is 311 g/mol. The number of hydrazone groups is 1. The zero-order chi connectivity index (χ0) is 17.1. The number of nitrogens with zero attached hydrogens (tertiary/aromatic N) is 3. The van der Waals surface area contributed by atoms with Crippen LogP contribution in [-0.2, 0) is 7.05 Å². The van der Waals surface area contributed by atoms with Crippen LogP contribution in [0, 0.1) is 5.82 Å². The molecule has 0 spiro atoms. The molecule has 120 valence electrons. The molecule has 0 atom stereocenters. The first-order valence-electron chi connectivity index (χ1n) is 7.11. The molecule has 3 rings (SSSR count). The number of fused-ring (bicyclic) bond motifs is 1. The second-order valence-corrected chi connectivity index (χ2v) is 5.07. The first-order chi connectivity index (χ1) is 11.6. The number of aryl methyl sites for hydroxylation is 1. The molecule has 1 N–H and O–H groups in total. The van der Waals surface area contributed by atoms with E-state index < -0.39 is 5.91 Å². The molecule has 0 aliphatic rings. The zero-order valence-electron chi connectivity index (χ0n) is 12.7. The van der Waals surface area contributed by atoms with Crippen LogP contribution in [-0.4, -0.2) is 21.9 Å². The summed E-state index contributed by atoms with van der Waals surface area (Å²) in [5.41, 5.74) is 2.81. The number of carbonyl (C=O) groups excluding carboxylic acids is 1. The molecule has 0 aliphatic heterocycles. The molecule has 3 aromatic rings. The van der Waals surface area contributed by atoms with E-state index >= 15 is 0 Å². The van der Waals surface area contributed by atoms with Gasteiger partial charge in [0, 0.05) is 12.4 Å². The molecule has 0 saturated heterocycles. The Bertz CT molecular complexity index is 994. The van der Waals surface area contributed by atoms with E-state index in [-0.39, 0.29) is 17.1 Å². The number of amides is 1. The molecular formula is C17H13FN4O2. The highest BCUT2D eigenvalue weighted by molar-refractivity contribution is 6.04. The zero-order valence-corrected chi connectivity index (χ0v) is 12.7. The largest absolute Gasteiger partial charge is 0.292 e. The van der Waals surface area contributed by atoms with Crippen LogP contribution in [0.15, 0.2) is 58.4 Å².